The Morgan fingerprint density at radius 1 is 0.901 bits per heavy atom. The zero-order valence-corrected chi connectivity index (χ0v) is 47.9. The maximum absolute atomic E-state index is 17.3. The van der Waals surface area contributed by atoms with E-state index in [9.17, 15) is 15.3 Å². The minimum Gasteiger partial charge on any atom is -0.469 e. The van der Waals surface area contributed by atoms with Crippen LogP contribution in [0, 0.1) is 105 Å². The van der Waals surface area contributed by atoms with Gasteiger partial charge >= 0.3 is 11.9 Å². The Labute approximate surface area is 477 Å². The number of aliphatic hydroxyl groups excluding tert-OH is 3. The van der Waals surface area contributed by atoms with Crippen molar-refractivity contribution < 1.29 is 53.1 Å². The summed E-state index contributed by atoms with van der Waals surface area (Å²) in [7, 11) is 0. The van der Waals surface area contributed by atoms with Crippen LogP contribution in [0.2, 0.25) is 0 Å². The molecule has 13 heteroatoms. The maximum Gasteiger partial charge on any atom is 0.339 e. The van der Waals surface area contributed by atoms with E-state index in [2.05, 4.69) is 79.7 Å². The molecule has 0 amide bonds. The van der Waals surface area contributed by atoms with E-state index in [0.29, 0.717) is 48.8 Å². The first kappa shape index (κ1) is 51.6. The fourth-order valence-electron chi connectivity index (χ4n) is 25.5. The van der Waals surface area contributed by atoms with Crippen LogP contribution in [0.3, 0.4) is 0 Å². The molecule has 8 aliphatic carbocycles. The highest BCUT2D eigenvalue weighted by Crippen LogP contribution is 2.90. The highest BCUT2D eigenvalue weighted by atomic mass is 16.7. The van der Waals surface area contributed by atoms with E-state index in [4.69, 9.17) is 23.4 Å². The number of esters is 2. The molecule has 17 rings (SSSR count). The molecule has 5 bridgehead atoms. The number of Topliss-reactive ketones (excluding diaryl/α,β-unsaturated/α-hetero) is 1. The van der Waals surface area contributed by atoms with E-state index in [-0.39, 0.29) is 78.2 Å². The van der Waals surface area contributed by atoms with E-state index in [1.807, 2.05) is 6.07 Å². The topological polar surface area (TPSA) is 181 Å². The van der Waals surface area contributed by atoms with Gasteiger partial charge in [-0.3, -0.25) is 14.9 Å². The largest absolute Gasteiger partial charge is 0.469 e. The summed E-state index contributed by atoms with van der Waals surface area (Å²) in [5, 5.41) is 41.0. The van der Waals surface area contributed by atoms with Crippen LogP contribution in [0.1, 0.15) is 146 Å². The summed E-state index contributed by atoms with van der Waals surface area (Å²) in [6.07, 6.45) is 19.9. The van der Waals surface area contributed by atoms with Gasteiger partial charge in [0, 0.05) is 41.3 Å². The number of nitrogens with zero attached hydrogens (tertiary/aromatic N) is 1. The van der Waals surface area contributed by atoms with E-state index < -0.39 is 80.7 Å². The average molecular weight is 1110 g/mol. The Hall–Kier alpha value is -3.85. The number of ether oxygens (including phenoxy) is 4. The summed E-state index contributed by atoms with van der Waals surface area (Å²) in [5.74, 6) is -0.444. The van der Waals surface area contributed by atoms with Crippen molar-refractivity contribution >= 4 is 17.7 Å². The lowest BCUT2D eigenvalue weighted by atomic mass is 9.29. The molecule has 7 aliphatic heterocycles. The van der Waals surface area contributed by atoms with Crippen LogP contribution in [-0.2, 0) is 46.2 Å². The number of carbonyl (C=O) groups excluding carboxylic acids is 3. The van der Waals surface area contributed by atoms with Crippen LogP contribution >= 0.6 is 0 Å². The minimum absolute atomic E-state index is 0.0433. The standard InChI is InChI=1S/C68H86N2O11/c1-36(2)45-15-9-21-65-49(45)28-44-27-42-14-8-20-63(42)31-41-30-62(3)58(47-19-23-77-52(47)29-48(51(72)33-71)39-16-17-46-40(26-39)18-22-70-35-69-32-50(46)70)79-61(76)59-68(62,80-59)66(43-13-7-12-38(25-43)24-37-10-5-4-6-11-37)54(41)64(55(65)53(73)57(66)74)34-78-60(75)56(63)67(44,64)81-65/h4-6,10-11,18-19,22-23,28,36,38-43,45-46,48-51,54-59,69,71-72,74H,7-9,12-17,20-21,24-27,29-35H2,1-3H3. The van der Waals surface area contributed by atoms with Crippen molar-refractivity contribution in [1.29, 1.82) is 0 Å². The second-order valence-corrected chi connectivity index (χ2v) is 30.5. The van der Waals surface area contributed by atoms with Gasteiger partial charge in [0.1, 0.15) is 35.8 Å². The molecule has 8 heterocycles. The molecule has 1 aromatic heterocycles. The van der Waals surface area contributed by atoms with Gasteiger partial charge in [0.05, 0.1) is 48.5 Å². The molecule has 81 heavy (non-hydrogen) atoms. The molecule has 4 N–H and O–H groups in total. The molecule has 434 valence electrons. The monoisotopic (exact) mass is 1110 g/mol. The number of rotatable bonds is 10. The molecular weight excluding hydrogens is 1020 g/mol. The Bertz CT molecular complexity index is 3010. The molecule has 8 saturated carbocycles. The lowest BCUT2D eigenvalue weighted by molar-refractivity contribution is -0.301. The number of allylic oxidation sites excluding steroid dienone is 1. The van der Waals surface area contributed by atoms with Crippen molar-refractivity contribution in [3.8, 4) is 0 Å². The normalized spacial score (nSPS) is 51.5. The second-order valence-electron chi connectivity index (χ2n) is 30.5. The molecule has 2 aromatic rings. The van der Waals surface area contributed by atoms with Crippen molar-refractivity contribution in [2.24, 2.45) is 105 Å². The first-order valence-electron chi connectivity index (χ1n) is 32.4. The number of carbonyl (C=O) groups is 3. The number of cyclic esters (lactones) is 2. The van der Waals surface area contributed by atoms with E-state index in [1.54, 1.807) is 6.26 Å². The summed E-state index contributed by atoms with van der Waals surface area (Å²) in [6.45, 7) is 8.45. The molecule has 5 spiro atoms. The molecule has 25 atom stereocenters. The average Bonchev–Trinajstić information content (AvgIpc) is 1.50. The van der Waals surface area contributed by atoms with E-state index >= 15 is 14.4 Å². The third-order valence-corrected chi connectivity index (χ3v) is 27.7. The van der Waals surface area contributed by atoms with Gasteiger partial charge in [0.25, 0.3) is 0 Å². The van der Waals surface area contributed by atoms with Crippen molar-refractivity contribution in [2.75, 3.05) is 26.4 Å². The van der Waals surface area contributed by atoms with Gasteiger partial charge in [-0.15, -0.1) is 0 Å². The molecule has 15 aliphatic rings. The Morgan fingerprint density at radius 3 is 2.58 bits per heavy atom. The SMILES string of the molecule is CC(C)C1CCCC23OC45C(=CC12)CC1CCCC12CC1CC6(C)C(c7ccoc7CC(C(O)CO)C7CCC8C(C=CN9CNCC89)C7)OC(=O)C7OC76C6(C7CCCC(Cc8ccccc8)C7)C(O)C(=O)C3C4(COC(=O)C25)C16. The Balaban J connectivity index is 0.854. The maximum atomic E-state index is 17.3. The molecule has 25 unspecified atom stereocenters. The van der Waals surface area contributed by atoms with E-state index in [1.165, 1.54) is 11.1 Å². The molecular formula is C68H86N2O11. The van der Waals surface area contributed by atoms with Gasteiger partial charge in [-0.1, -0.05) is 88.9 Å². The third-order valence-electron chi connectivity index (χ3n) is 27.7. The minimum atomic E-state index is -1.48. The van der Waals surface area contributed by atoms with Crippen LogP contribution in [0.4, 0.5) is 0 Å². The van der Waals surface area contributed by atoms with E-state index in [0.717, 1.165) is 115 Å². The lowest BCUT2D eigenvalue weighted by Crippen LogP contribution is -2.82. The second kappa shape index (κ2) is 17.4. The van der Waals surface area contributed by atoms with Crippen molar-refractivity contribution in [2.45, 2.75) is 184 Å². The van der Waals surface area contributed by atoms with Crippen molar-refractivity contribution in [1.82, 2.24) is 10.2 Å². The molecule has 13 nitrogen and oxygen atoms in total. The smallest absolute Gasteiger partial charge is 0.339 e. The quantitative estimate of drug-likeness (QED) is 0.101. The van der Waals surface area contributed by atoms with Gasteiger partial charge in [-0.25, -0.2) is 4.79 Å². The summed E-state index contributed by atoms with van der Waals surface area (Å²) in [5.41, 5.74) is -3.84. The van der Waals surface area contributed by atoms with Crippen LogP contribution in [-0.4, -0.2) is 106 Å². The zero-order chi connectivity index (χ0) is 55.0. The van der Waals surface area contributed by atoms with Crippen LogP contribution in [0.25, 0.3) is 0 Å². The predicted octanol–water partition coefficient (Wildman–Crippen LogP) is 8.83. The van der Waals surface area contributed by atoms with Gasteiger partial charge < -0.3 is 43.6 Å². The number of benzene rings is 1. The number of furan rings is 1. The summed E-state index contributed by atoms with van der Waals surface area (Å²) in [6, 6.07) is 13.2. The number of hydrogen-bond acceptors (Lipinski definition) is 13. The number of epoxide rings is 1. The number of aliphatic hydroxyl groups is 3. The summed E-state index contributed by atoms with van der Waals surface area (Å²) >= 11 is 0. The van der Waals surface area contributed by atoms with Gasteiger partial charge in [-0.05, 0) is 177 Å². The number of nitrogens with one attached hydrogen (secondary N) is 1. The van der Waals surface area contributed by atoms with Gasteiger partial charge in [-0.2, -0.15) is 0 Å². The van der Waals surface area contributed by atoms with Crippen molar-refractivity contribution in [3.63, 3.8) is 0 Å². The number of hydrogen-bond donors (Lipinski definition) is 4. The molecule has 1 aromatic carbocycles. The Morgan fingerprint density at radius 2 is 1.74 bits per heavy atom. The highest BCUT2D eigenvalue weighted by Gasteiger charge is 2.99. The summed E-state index contributed by atoms with van der Waals surface area (Å²) in [4.78, 5) is 51.0. The molecule has 5 saturated heterocycles. The van der Waals surface area contributed by atoms with Crippen LogP contribution in [0.15, 0.2) is 71.0 Å². The first-order valence-corrected chi connectivity index (χ1v) is 32.4. The van der Waals surface area contributed by atoms with Crippen LogP contribution in [0.5, 0.6) is 0 Å². The fraction of sp³-hybridized carbons (Fsp3) is 0.750. The first-order chi connectivity index (χ1) is 39.2. The molecule has 13 fully saturated rings. The number of ketones is 1. The lowest BCUT2D eigenvalue weighted by Gasteiger charge is -2.73. The number of fused-ring (bicyclic) bond motifs is 3. The summed E-state index contributed by atoms with van der Waals surface area (Å²) < 4.78 is 36.6. The predicted molar refractivity (Wildman–Crippen MR) is 296 cm³/mol. The third kappa shape index (κ3) is 6.09. The Kier molecular flexibility index (Phi) is 11.1. The fourth-order valence-corrected chi connectivity index (χ4v) is 25.5. The highest BCUT2D eigenvalue weighted by molar-refractivity contribution is 5.94. The zero-order valence-electron chi connectivity index (χ0n) is 47.9. The molecule has 0 radical (unpaired) electrons. The van der Waals surface area contributed by atoms with Gasteiger partial charge in [0.15, 0.2) is 11.9 Å². The van der Waals surface area contributed by atoms with Crippen LogP contribution < -0.4 is 5.32 Å². The van der Waals surface area contributed by atoms with Gasteiger partial charge in [0.2, 0.25) is 0 Å². The van der Waals surface area contributed by atoms with Crippen molar-refractivity contribution in [3.05, 3.63) is 83.5 Å².